The minimum absolute atomic E-state index is 0.0992. The van der Waals surface area contributed by atoms with Crippen LogP contribution in [0.4, 0.5) is 0 Å². The van der Waals surface area contributed by atoms with E-state index < -0.39 is 5.97 Å². The molecule has 0 fully saturated rings. The molecule has 1 aromatic heterocycles. The summed E-state index contributed by atoms with van der Waals surface area (Å²) >= 11 is 5.78. The van der Waals surface area contributed by atoms with Crippen LogP contribution in [0.25, 0.3) is 11.4 Å². The van der Waals surface area contributed by atoms with Crippen molar-refractivity contribution in [1.82, 2.24) is 9.55 Å². The fourth-order valence-corrected chi connectivity index (χ4v) is 1.57. The third-order valence-corrected chi connectivity index (χ3v) is 2.38. The third kappa shape index (κ3) is 2.23. The number of hydrogen-bond acceptors (Lipinski definition) is 2. The Labute approximate surface area is 97.1 Å². The van der Waals surface area contributed by atoms with Gasteiger partial charge in [0.1, 0.15) is 12.4 Å². The summed E-state index contributed by atoms with van der Waals surface area (Å²) in [6.45, 7) is -0.0992. The van der Waals surface area contributed by atoms with E-state index in [1.807, 2.05) is 12.1 Å². The molecule has 0 saturated carbocycles. The number of hydrogen-bond donors (Lipinski definition) is 1. The van der Waals surface area contributed by atoms with Gasteiger partial charge in [0.05, 0.1) is 0 Å². The second-order valence-corrected chi connectivity index (χ2v) is 3.72. The van der Waals surface area contributed by atoms with Crippen LogP contribution in [-0.4, -0.2) is 20.6 Å². The molecular formula is C11H9ClN2O2. The molecule has 0 amide bonds. The number of aromatic nitrogens is 2. The Morgan fingerprint density at radius 1 is 1.38 bits per heavy atom. The highest BCUT2D eigenvalue weighted by atomic mass is 35.5. The molecular weight excluding hydrogens is 228 g/mol. The van der Waals surface area contributed by atoms with Crippen LogP contribution < -0.4 is 0 Å². The monoisotopic (exact) mass is 236 g/mol. The van der Waals surface area contributed by atoms with Gasteiger partial charge in [-0.2, -0.15) is 0 Å². The summed E-state index contributed by atoms with van der Waals surface area (Å²) in [4.78, 5) is 14.8. The Morgan fingerprint density at radius 3 is 2.69 bits per heavy atom. The first-order chi connectivity index (χ1) is 7.66. The van der Waals surface area contributed by atoms with E-state index in [9.17, 15) is 4.79 Å². The molecule has 0 aliphatic carbocycles. The summed E-state index contributed by atoms with van der Waals surface area (Å²) in [5, 5.41) is 9.37. The van der Waals surface area contributed by atoms with Crippen LogP contribution in [0.1, 0.15) is 0 Å². The lowest BCUT2D eigenvalue weighted by atomic mass is 10.2. The van der Waals surface area contributed by atoms with Crippen molar-refractivity contribution in [1.29, 1.82) is 0 Å². The number of carboxylic acid groups (broad SMARTS) is 1. The van der Waals surface area contributed by atoms with Crippen LogP contribution in [0.15, 0.2) is 36.7 Å². The molecule has 82 valence electrons. The van der Waals surface area contributed by atoms with Gasteiger partial charge in [0, 0.05) is 23.0 Å². The number of carboxylic acids is 1. The van der Waals surface area contributed by atoms with Crippen molar-refractivity contribution in [2.75, 3.05) is 0 Å². The van der Waals surface area contributed by atoms with Gasteiger partial charge in [-0.3, -0.25) is 4.79 Å². The Balaban J connectivity index is 2.36. The van der Waals surface area contributed by atoms with Crippen molar-refractivity contribution in [3.05, 3.63) is 41.7 Å². The largest absolute Gasteiger partial charge is 0.480 e. The van der Waals surface area contributed by atoms with Crippen LogP contribution in [0, 0.1) is 0 Å². The maximum atomic E-state index is 10.6. The predicted octanol–water partition coefficient (Wildman–Crippen LogP) is 2.29. The molecule has 5 heteroatoms. The number of rotatable bonds is 3. The average Bonchev–Trinajstić information content (AvgIpc) is 2.66. The number of halogens is 1. The molecule has 0 atom stereocenters. The van der Waals surface area contributed by atoms with Gasteiger partial charge in [-0.25, -0.2) is 4.98 Å². The van der Waals surface area contributed by atoms with Crippen molar-refractivity contribution >= 4 is 17.6 Å². The van der Waals surface area contributed by atoms with Crippen LogP contribution in [0.5, 0.6) is 0 Å². The van der Waals surface area contributed by atoms with Gasteiger partial charge in [-0.05, 0) is 24.3 Å². The summed E-state index contributed by atoms with van der Waals surface area (Å²) < 4.78 is 1.57. The Morgan fingerprint density at radius 2 is 2.06 bits per heavy atom. The highest BCUT2D eigenvalue weighted by molar-refractivity contribution is 6.30. The molecule has 4 nitrogen and oxygen atoms in total. The lowest BCUT2D eigenvalue weighted by Gasteiger charge is -2.04. The summed E-state index contributed by atoms with van der Waals surface area (Å²) in [6.07, 6.45) is 3.21. The number of imidazole rings is 1. The van der Waals surface area contributed by atoms with Gasteiger partial charge < -0.3 is 9.67 Å². The molecule has 2 aromatic rings. The van der Waals surface area contributed by atoms with E-state index in [-0.39, 0.29) is 6.54 Å². The topological polar surface area (TPSA) is 55.1 Å². The molecule has 0 aliphatic heterocycles. The van der Waals surface area contributed by atoms with Gasteiger partial charge in [-0.1, -0.05) is 11.6 Å². The summed E-state index contributed by atoms with van der Waals surface area (Å²) in [6, 6.07) is 7.11. The first-order valence-electron chi connectivity index (χ1n) is 4.65. The van der Waals surface area contributed by atoms with Crippen molar-refractivity contribution in [2.45, 2.75) is 6.54 Å². The highest BCUT2D eigenvalue weighted by Crippen LogP contribution is 2.19. The number of nitrogens with zero attached hydrogens (tertiary/aromatic N) is 2. The van der Waals surface area contributed by atoms with E-state index in [0.717, 1.165) is 5.56 Å². The SMILES string of the molecule is O=C(O)Cn1ccnc1-c1ccc(Cl)cc1. The quantitative estimate of drug-likeness (QED) is 0.890. The van der Waals surface area contributed by atoms with Crippen LogP contribution in [0.3, 0.4) is 0 Å². The van der Waals surface area contributed by atoms with Crippen molar-refractivity contribution in [3.63, 3.8) is 0 Å². The Hall–Kier alpha value is -1.81. The van der Waals surface area contributed by atoms with E-state index in [4.69, 9.17) is 16.7 Å². The van der Waals surface area contributed by atoms with E-state index in [1.165, 1.54) is 0 Å². The van der Waals surface area contributed by atoms with E-state index in [2.05, 4.69) is 4.98 Å². The molecule has 0 saturated heterocycles. The molecule has 2 rings (SSSR count). The molecule has 0 spiro atoms. The van der Waals surface area contributed by atoms with Gasteiger partial charge >= 0.3 is 5.97 Å². The second-order valence-electron chi connectivity index (χ2n) is 3.28. The Kier molecular flexibility index (Phi) is 2.92. The summed E-state index contributed by atoms with van der Waals surface area (Å²) in [5.74, 6) is -0.271. The normalized spacial score (nSPS) is 10.3. The first kappa shape index (κ1) is 10.7. The lowest BCUT2D eigenvalue weighted by Crippen LogP contribution is -2.09. The van der Waals surface area contributed by atoms with Gasteiger partial charge in [-0.15, -0.1) is 0 Å². The highest BCUT2D eigenvalue weighted by Gasteiger charge is 2.08. The van der Waals surface area contributed by atoms with E-state index >= 15 is 0 Å². The van der Waals surface area contributed by atoms with Gasteiger partial charge in [0.25, 0.3) is 0 Å². The first-order valence-corrected chi connectivity index (χ1v) is 5.03. The fraction of sp³-hybridized carbons (Fsp3) is 0.0909. The van der Waals surface area contributed by atoms with Crippen LogP contribution in [0.2, 0.25) is 5.02 Å². The predicted molar refractivity (Wildman–Crippen MR) is 60.3 cm³/mol. The number of aliphatic carboxylic acids is 1. The maximum absolute atomic E-state index is 10.6. The molecule has 1 heterocycles. The molecule has 0 radical (unpaired) electrons. The third-order valence-electron chi connectivity index (χ3n) is 2.12. The summed E-state index contributed by atoms with van der Waals surface area (Å²) in [5.41, 5.74) is 0.843. The van der Waals surface area contributed by atoms with Crippen molar-refractivity contribution in [2.24, 2.45) is 0 Å². The minimum atomic E-state index is -0.895. The molecule has 0 bridgehead atoms. The molecule has 0 unspecified atom stereocenters. The lowest BCUT2D eigenvalue weighted by molar-refractivity contribution is -0.137. The van der Waals surface area contributed by atoms with Crippen molar-refractivity contribution in [3.8, 4) is 11.4 Å². The average molecular weight is 237 g/mol. The zero-order chi connectivity index (χ0) is 11.5. The maximum Gasteiger partial charge on any atom is 0.323 e. The Bertz CT molecular complexity index is 505. The fourth-order valence-electron chi connectivity index (χ4n) is 1.44. The van der Waals surface area contributed by atoms with E-state index in [1.54, 1.807) is 29.1 Å². The molecule has 1 aromatic carbocycles. The molecule has 1 N–H and O–H groups in total. The molecule has 16 heavy (non-hydrogen) atoms. The van der Waals surface area contributed by atoms with Crippen molar-refractivity contribution < 1.29 is 9.90 Å². The van der Waals surface area contributed by atoms with Gasteiger partial charge in [0.2, 0.25) is 0 Å². The number of carbonyl (C=O) groups is 1. The zero-order valence-electron chi connectivity index (χ0n) is 8.30. The number of benzene rings is 1. The summed E-state index contributed by atoms with van der Waals surface area (Å²) in [7, 11) is 0. The van der Waals surface area contributed by atoms with Gasteiger partial charge in [0.15, 0.2) is 0 Å². The smallest absolute Gasteiger partial charge is 0.323 e. The molecule has 0 aliphatic rings. The zero-order valence-corrected chi connectivity index (χ0v) is 9.05. The standard InChI is InChI=1S/C11H9ClN2O2/c12-9-3-1-8(2-4-9)11-13-5-6-14(11)7-10(15)16/h1-6H,7H2,(H,15,16). The second kappa shape index (κ2) is 4.37. The van der Waals surface area contributed by atoms with Crippen LogP contribution >= 0.6 is 11.6 Å². The minimum Gasteiger partial charge on any atom is -0.480 e. The van der Waals surface area contributed by atoms with E-state index in [0.29, 0.717) is 10.8 Å². The van der Waals surface area contributed by atoms with Crippen LogP contribution in [-0.2, 0) is 11.3 Å².